The van der Waals surface area contributed by atoms with Crippen LogP contribution in [-0.4, -0.2) is 29.5 Å². The van der Waals surface area contributed by atoms with Crippen LogP contribution in [0.25, 0.3) is 16.9 Å². The standard InChI is InChI=1S/C22H24FN3O/c23-20-10-8-18(9-11-20)22-19(14-24-13-17-5-4-12-27-16-17)15-26(25-22)21-6-2-1-3-7-21/h1-3,6-11,15,17,24H,4-5,12-14,16H2. The van der Waals surface area contributed by atoms with Crippen molar-refractivity contribution in [1.82, 2.24) is 15.1 Å². The zero-order valence-electron chi connectivity index (χ0n) is 15.3. The third-order valence-electron chi connectivity index (χ3n) is 4.93. The van der Waals surface area contributed by atoms with Gasteiger partial charge in [-0.15, -0.1) is 0 Å². The van der Waals surface area contributed by atoms with Crippen LogP contribution in [0.3, 0.4) is 0 Å². The summed E-state index contributed by atoms with van der Waals surface area (Å²) in [5, 5.41) is 8.33. The molecule has 5 heteroatoms. The smallest absolute Gasteiger partial charge is 0.123 e. The number of rotatable bonds is 6. The average Bonchev–Trinajstić information content (AvgIpc) is 3.14. The van der Waals surface area contributed by atoms with E-state index in [2.05, 4.69) is 11.5 Å². The van der Waals surface area contributed by atoms with Crippen molar-refractivity contribution in [3.63, 3.8) is 0 Å². The van der Waals surface area contributed by atoms with Gasteiger partial charge in [0.1, 0.15) is 5.82 Å². The molecule has 4 nitrogen and oxygen atoms in total. The van der Waals surface area contributed by atoms with Crippen molar-refractivity contribution in [3.05, 3.63) is 72.2 Å². The number of halogens is 1. The van der Waals surface area contributed by atoms with Crippen LogP contribution < -0.4 is 5.32 Å². The van der Waals surface area contributed by atoms with E-state index in [0.717, 1.165) is 55.2 Å². The van der Waals surface area contributed by atoms with Crippen LogP contribution in [0.2, 0.25) is 0 Å². The third-order valence-corrected chi connectivity index (χ3v) is 4.93. The first-order valence-corrected chi connectivity index (χ1v) is 9.48. The second-order valence-corrected chi connectivity index (χ2v) is 7.00. The van der Waals surface area contributed by atoms with E-state index in [1.54, 1.807) is 12.1 Å². The van der Waals surface area contributed by atoms with Crippen LogP contribution in [0.15, 0.2) is 60.8 Å². The van der Waals surface area contributed by atoms with Crippen molar-refractivity contribution in [2.45, 2.75) is 19.4 Å². The molecule has 0 spiro atoms. The van der Waals surface area contributed by atoms with Gasteiger partial charge in [-0.05, 0) is 55.2 Å². The topological polar surface area (TPSA) is 39.1 Å². The molecule has 1 aliphatic heterocycles. The number of nitrogens with one attached hydrogen (secondary N) is 1. The molecule has 0 radical (unpaired) electrons. The Hall–Kier alpha value is -2.50. The normalized spacial score (nSPS) is 17.1. The van der Waals surface area contributed by atoms with Crippen LogP contribution >= 0.6 is 0 Å². The molecule has 140 valence electrons. The van der Waals surface area contributed by atoms with Crippen LogP contribution in [0.4, 0.5) is 4.39 Å². The van der Waals surface area contributed by atoms with Gasteiger partial charge in [0, 0.05) is 37.0 Å². The zero-order valence-corrected chi connectivity index (χ0v) is 15.3. The van der Waals surface area contributed by atoms with Crippen LogP contribution in [0.1, 0.15) is 18.4 Å². The highest BCUT2D eigenvalue weighted by Gasteiger charge is 2.15. The van der Waals surface area contributed by atoms with Crippen molar-refractivity contribution in [1.29, 1.82) is 0 Å². The lowest BCUT2D eigenvalue weighted by atomic mass is 10.0. The number of ether oxygens (including phenoxy) is 1. The maximum atomic E-state index is 13.3. The number of aromatic nitrogens is 2. The maximum absolute atomic E-state index is 13.3. The Morgan fingerprint density at radius 2 is 1.93 bits per heavy atom. The molecule has 4 rings (SSSR count). The average molecular weight is 365 g/mol. The van der Waals surface area contributed by atoms with Crippen molar-refractivity contribution >= 4 is 0 Å². The molecule has 0 amide bonds. The van der Waals surface area contributed by atoms with Gasteiger partial charge in [-0.1, -0.05) is 18.2 Å². The Kier molecular flexibility index (Phi) is 5.61. The summed E-state index contributed by atoms with van der Waals surface area (Å²) in [6, 6.07) is 16.6. The Labute approximate surface area is 159 Å². The second kappa shape index (κ2) is 8.46. The summed E-state index contributed by atoms with van der Waals surface area (Å²) in [6.45, 7) is 3.37. The summed E-state index contributed by atoms with van der Waals surface area (Å²) in [6.07, 6.45) is 4.40. The molecule has 1 unspecified atom stereocenters. The Balaban J connectivity index is 1.56. The first-order chi connectivity index (χ1) is 13.3. The van der Waals surface area contributed by atoms with Crippen molar-refractivity contribution in [2.24, 2.45) is 5.92 Å². The first kappa shape index (κ1) is 17.9. The molecule has 1 fully saturated rings. The molecular formula is C22H24FN3O. The zero-order chi connectivity index (χ0) is 18.5. The van der Waals surface area contributed by atoms with E-state index in [1.165, 1.54) is 18.6 Å². The lowest BCUT2D eigenvalue weighted by Gasteiger charge is -2.22. The van der Waals surface area contributed by atoms with Gasteiger partial charge in [-0.25, -0.2) is 9.07 Å². The minimum atomic E-state index is -0.238. The van der Waals surface area contributed by atoms with E-state index < -0.39 is 0 Å². The highest BCUT2D eigenvalue weighted by Crippen LogP contribution is 2.24. The van der Waals surface area contributed by atoms with E-state index in [1.807, 2.05) is 35.0 Å². The predicted octanol–water partition coefficient (Wildman–Crippen LogP) is 4.19. The number of hydrogen-bond donors (Lipinski definition) is 1. The van der Waals surface area contributed by atoms with Gasteiger partial charge in [0.2, 0.25) is 0 Å². The number of benzene rings is 2. The number of para-hydroxylation sites is 1. The lowest BCUT2D eigenvalue weighted by Crippen LogP contribution is -2.28. The SMILES string of the molecule is Fc1ccc(-c2nn(-c3ccccc3)cc2CNCC2CCCOC2)cc1. The van der Waals surface area contributed by atoms with E-state index in [-0.39, 0.29) is 5.82 Å². The van der Waals surface area contributed by atoms with E-state index in [9.17, 15) is 4.39 Å². The molecule has 27 heavy (non-hydrogen) atoms. The molecule has 2 heterocycles. The highest BCUT2D eigenvalue weighted by molar-refractivity contribution is 5.63. The highest BCUT2D eigenvalue weighted by atomic mass is 19.1. The van der Waals surface area contributed by atoms with Crippen molar-refractivity contribution < 1.29 is 9.13 Å². The molecule has 1 aromatic heterocycles. The van der Waals surface area contributed by atoms with E-state index >= 15 is 0 Å². The molecule has 1 atom stereocenters. The molecular weight excluding hydrogens is 341 g/mol. The first-order valence-electron chi connectivity index (χ1n) is 9.48. The van der Waals surface area contributed by atoms with Gasteiger partial charge in [-0.3, -0.25) is 0 Å². The maximum Gasteiger partial charge on any atom is 0.123 e. The summed E-state index contributed by atoms with van der Waals surface area (Å²) in [5.74, 6) is 0.329. The summed E-state index contributed by atoms with van der Waals surface area (Å²) >= 11 is 0. The Bertz CT molecular complexity index is 855. The molecule has 1 saturated heterocycles. The largest absolute Gasteiger partial charge is 0.381 e. The summed E-state index contributed by atoms with van der Waals surface area (Å²) in [4.78, 5) is 0. The van der Waals surface area contributed by atoms with Gasteiger partial charge in [-0.2, -0.15) is 5.10 Å². The molecule has 0 saturated carbocycles. The summed E-state index contributed by atoms with van der Waals surface area (Å²) < 4.78 is 20.8. The van der Waals surface area contributed by atoms with Gasteiger partial charge in [0.25, 0.3) is 0 Å². The molecule has 2 aromatic carbocycles. The fourth-order valence-electron chi connectivity index (χ4n) is 3.48. The van der Waals surface area contributed by atoms with Crippen molar-refractivity contribution in [2.75, 3.05) is 19.8 Å². The third kappa shape index (κ3) is 4.43. The van der Waals surface area contributed by atoms with E-state index in [4.69, 9.17) is 9.84 Å². The Morgan fingerprint density at radius 1 is 1.11 bits per heavy atom. The minimum absolute atomic E-state index is 0.238. The molecule has 0 bridgehead atoms. The number of hydrogen-bond acceptors (Lipinski definition) is 3. The molecule has 1 aliphatic rings. The van der Waals surface area contributed by atoms with Crippen LogP contribution in [-0.2, 0) is 11.3 Å². The van der Waals surface area contributed by atoms with Gasteiger partial charge < -0.3 is 10.1 Å². The van der Waals surface area contributed by atoms with Gasteiger partial charge in [0.15, 0.2) is 0 Å². The predicted molar refractivity (Wildman–Crippen MR) is 104 cm³/mol. The molecule has 3 aromatic rings. The van der Waals surface area contributed by atoms with Crippen molar-refractivity contribution in [3.8, 4) is 16.9 Å². The Morgan fingerprint density at radius 3 is 2.67 bits per heavy atom. The van der Waals surface area contributed by atoms with Gasteiger partial charge >= 0.3 is 0 Å². The van der Waals surface area contributed by atoms with E-state index in [0.29, 0.717) is 5.92 Å². The fraction of sp³-hybridized carbons (Fsp3) is 0.318. The number of nitrogens with zero attached hydrogens (tertiary/aromatic N) is 2. The summed E-state index contributed by atoms with van der Waals surface area (Å²) in [5.41, 5.74) is 3.91. The second-order valence-electron chi connectivity index (χ2n) is 7.00. The van der Waals surface area contributed by atoms with Gasteiger partial charge in [0.05, 0.1) is 18.0 Å². The lowest BCUT2D eigenvalue weighted by molar-refractivity contribution is 0.0547. The fourth-order valence-corrected chi connectivity index (χ4v) is 3.48. The monoisotopic (exact) mass is 365 g/mol. The van der Waals surface area contributed by atoms with Crippen LogP contribution in [0, 0.1) is 11.7 Å². The van der Waals surface area contributed by atoms with Crippen LogP contribution in [0.5, 0.6) is 0 Å². The summed E-state index contributed by atoms with van der Waals surface area (Å²) in [7, 11) is 0. The minimum Gasteiger partial charge on any atom is -0.381 e. The molecule has 1 N–H and O–H groups in total. The quantitative estimate of drug-likeness (QED) is 0.712. The molecule has 0 aliphatic carbocycles.